The van der Waals surface area contributed by atoms with E-state index < -0.39 is 0 Å². The summed E-state index contributed by atoms with van der Waals surface area (Å²) >= 11 is 3.23. The molecule has 2 aromatic rings. The molecule has 0 aliphatic heterocycles. The van der Waals surface area contributed by atoms with Gasteiger partial charge in [-0.2, -0.15) is 0 Å². The molecule has 2 N–H and O–H groups in total. The second-order valence-electron chi connectivity index (χ2n) is 2.81. The average molecular weight is 271 g/mol. The van der Waals surface area contributed by atoms with Crippen molar-refractivity contribution >= 4 is 27.9 Å². The number of aryl methyl sites for hydroxylation is 1. The van der Waals surface area contributed by atoms with Crippen LogP contribution in [0.3, 0.4) is 0 Å². The Morgan fingerprint density at radius 1 is 1.60 bits per heavy atom. The molecule has 0 aromatic carbocycles. The van der Waals surface area contributed by atoms with E-state index in [4.69, 9.17) is 4.42 Å². The molecule has 15 heavy (non-hydrogen) atoms. The van der Waals surface area contributed by atoms with E-state index in [2.05, 4.69) is 36.4 Å². The first-order valence-corrected chi connectivity index (χ1v) is 4.90. The summed E-state index contributed by atoms with van der Waals surface area (Å²) < 4.78 is 5.80. The van der Waals surface area contributed by atoms with E-state index in [0.29, 0.717) is 11.6 Å². The van der Waals surface area contributed by atoms with Crippen LogP contribution in [-0.2, 0) is 0 Å². The van der Waals surface area contributed by atoms with Gasteiger partial charge in [0.2, 0.25) is 5.89 Å². The van der Waals surface area contributed by atoms with Gasteiger partial charge in [-0.15, -0.1) is 5.10 Å². The molecule has 0 saturated carbocycles. The molecule has 0 unspecified atom stereocenters. The van der Waals surface area contributed by atoms with Crippen LogP contribution in [0.25, 0.3) is 0 Å². The highest BCUT2D eigenvalue weighted by molar-refractivity contribution is 9.10. The minimum Gasteiger partial charge on any atom is -0.408 e. The summed E-state index contributed by atoms with van der Waals surface area (Å²) in [6.45, 7) is 1.65. The predicted molar refractivity (Wildman–Crippen MR) is 55.5 cm³/mol. The molecule has 0 aliphatic carbocycles. The van der Waals surface area contributed by atoms with Crippen molar-refractivity contribution in [1.82, 2.24) is 15.2 Å². The third-order valence-corrected chi connectivity index (χ3v) is 2.10. The van der Waals surface area contributed by atoms with Gasteiger partial charge in [-0.1, -0.05) is 5.10 Å². The largest absolute Gasteiger partial charge is 0.408 e. The maximum absolute atomic E-state index is 11.5. The number of hydrogen-bond donors (Lipinski definition) is 2. The van der Waals surface area contributed by atoms with Crippen LogP contribution in [0.4, 0.5) is 6.01 Å². The van der Waals surface area contributed by atoms with Gasteiger partial charge in [0.1, 0.15) is 5.69 Å². The van der Waals surface area contributed by atoms with Crippen molar-refractivity contribution in [2.45, 2.75) is 6.92 Å². The average Bonchev–Trinajstić information content (AvgIpc) is 2.75. The summed E-state index contributed by atoms with van der Waals surface area (Å²) in [5, 5.41) is 9.69. The zero-order valence-corrected chi connectivity index (χ0v) is 9.33. The Kier molecular flexibility index (Phi) is 2.55. The zero-order valence-electron chi connectivity index (χ0n) is 7.74. The maximum atomic E-state index is 11.5. The highest BCUT2D eigenvalue weighted by atomic mass is 79.9. The number of hydrogen-bond acceptors (Lipinski definition) is 4. The zero-order chi connectivity index (χ0) is 10.8. The van der Waals surface area contributed by atoms with Crippen molar-refractivity contribution in [2.75, 3.05) is 5.32 Å². The molecule has 2 aromatic heterocycles. The number of amides is 1. The van der Waals surface area contributed by atoms with Crippen molar-refractivity contribution in [1.29, 1.82) is 0 Å². The molecule has 0 saturated heterocycles. The lowest BCUT2D eigenvalue weighted by Crippen LogP contribution is -2.12. The summed E-state index contributed by atoms with van der Waals surface area (Å²) in [5.74, 6) is 0.0716. The Morgan fingerprint density at radius 3 is 2.93 bits per heavy atom. The minimum absolute atomic E-state index is 0.0863. The van der Waals surface area contributed by atoms with Crippen LogP contribution < -0.4 is 5.32 Å². The number of aromatic nitrogens is 3. The fourth-order valence-corrected chi connectivity index (χ4v) is 1.35. The second kappa shape index (κ2) is 3.85. The quantitative estimate of drug-likeness (QED) is 0.871. The predicted octanol–water partition coefficient (Wildman–Crippen LogP) is 1.72. The summed E-state index contributed by atoms with van der Waals surface area (Å²) in [5.41, 5.74) is 0.415. The van der Waals surface area contributed by atoms with Crippen molar-refractivity contribution in [3.63, 3.8) is 0 Å². The summed E-state index contributed by atoms with van der Waals surface area (Å²) in [6, 6.07) is 1.74. The molecular formula is C8H7BrN4O2. The molecule has 78 valence electrons. The molecule has 0 spiro atoms. The number of halogens is 1. The van der Waals surface area contributed by atoms with E-state index in [1.807, 2.05) is 0 Å². The molecule has 0 fully saturated rings. The number of H-pyrrole nitrogens is 1. The third kappa shape index (κ3) is 2.24. The van der Waals surface area contributed by atoms with Gasteiger partial charge in [0.05, 0.1) is 0 Å². The summed E-state index contributed by atoms with van der Waals surface area (Å²) in [4.78, 5) is 14.3. The van der Waals surface area contributed by atoms with Crippen LogP contribution in [-0.4, -0.2) is 21.1 Å². The molecule has 0 radical (unpaired) electrons. The molecule has 6 nitrogen and oxygen atoms in total. The lowest BCUT2D eigenvalue weighted by molar-refractivity contribution is 0.102. The van der Waals surface area contributed by atoms with E-state index in [0.717, 1.165) is 4.47 Å². The Morgan fingerprint density at radius 2 is 2.40 bits per heavy atom. The van der Waals surface area contributed by atoms with E-state index in [-0.39, 0.29) is 11.9 Å². The topological polar surface area (TPSA) is 83.8 Å². The Hall–Kier alpha value is -1.63. The van der Waals surface area contributed by atoms with Gasteiger partial charge in [-0.05, 0) is 22.0 Å². The Balaban J connectivity index is 2.10. The molecule has 0 atom stereocenters. The molecular weight excluding hydrogens is 264 g/mol. The maximum Gasteiger partial charge on any atom is 0.322 e. The highest BCUT2D eigenvalue weighted by Gasteiger charge is 2.11. The highest BCUT2D eigenvalue weighted by Crippen LogP contribution is 2.12. The van der Waals surface area contributed by atoms with Crippen LogP contribution >= 0.6 is 15.9 Å². The Labute approximate surface area is 93.2 Å². The number of carbonyl (C=O) groups excluding carboxylic acids is 1. The van der Waals surface area contributed by atoms with Crippen LogP contribution in [0.2, 0.25) is 0 Å². The van der Waals surface area contributed by atoms with Gasteiger partial charge in [-0.3, -0.25) is 10.1 Å². The molecule has 1 amide bonds. The fraction of sp³-hybridized carbons (Fsp3) is 0.125. The number of aromatic amines is 1. The standard InChI is InChI=1S/C8H7BrN4O2/c1-4-12-13-8(15-4)11-7(14)6-2-5(9)3-10-6/h2-3,10H,1H3,(H,11,13,14). The van der Waals surface area contributed by atoms with Crippen LogP contribution in [0, 0.1) is 6.92 Å². The lowest BCUT2D eigenvalue weighted by atomic mass is 10.4. The van der Waals surface area contributed by atoms with Crippen molar-refractivity contribution in [3.05, 3.63) is 28.3 Å². The second-order valence-corrected chi connectivity index (χ2v) is 3.73. The number of nitrogens with one attached hydrogen (secondary N) is 2. The fourth-order valence-electron chi connectivity index (χ4n) is 1.01. The number of rotatable bonds is 2. The minimum atomic E-state index is -0.329. The van der Waals surface area contributed by atoms with Gasteiger partial charge in [-0.25, -0.2) is 0 Å². The van der Waals surface area contributed by atoms with Gasteiger partial charge in [0.15, 0.2) is 0 Å². The molecule has 0 bridgehead atoms. The number of carbonyl (C=O) groups is 1. The molecule has 0 aliphatic rings. The monoisotopic (exact) mass is 270 g/mol. The first-order valence-electron chi connectivity index (χ1n) is 4.10. The van der Waals surface area contributed by atoms with Gasteiger partial charge in [0, 0.05) is 17.6 Å². The van der Waals surface area contributed by atoms with E-state index >= 15 is 0 Å². The number of anilines is 1. The van der Waals surface area contributed by atoms with Crippen molar-refractivity contribution < 1.29 is 9.21 Å². The van der Waals surface area contributed by atoms with Gasteiger partial charge in [0.25, 0.3) is 5.91 Å². The van der Waals surface area contributed by atoms with E-state index in [1.165, 1.54) is 0 Å². The van der Waals surface area contributed by atoms with Crippen LogP contribution in [0.1, 0.15) is 16.4 Å². The van der Waals surface area contributed by atoms with Crippen LogP contribution in [0.5, 0.6) is 0 Å². The third-order valence-electron chi connectivity index (χ3n) is 1.64. The first-order chi connectivity index (χ1) is 7.15. The normalized spacial score (nSPS) is 10.3. The van der Waals surface area contributed by atoms with Crippen molar-refractivity contribution in [2.24, 2.45) is 0 Å². The Bertz CT molecular complexity index is 490. The van der Waals surface area contributed by atoms with Crippen LogP contribution in [0.15, 0.2) is 21.2 Å². The van der Waals surface area contributed by atoms with Gasteiger partial charge >= 0.3 is 6.01 Å². The molecule has 7 heteroatoms. The summed E-state index contributed by atoms with van der Waals surface area (Å²) in [7, 11) is 0. The van der Waals surface area contributed by atoms with Crippen molar-refractivity contribution in [3.8, 4) is 0 Å². The lowest BCUT2D eigenvalue weighted by Gasteiger charge is -1.95. The SMILES string of the molecule is Cc1nnc(NC(=O)c2cc(Br)c[nH]2)o1. The van der Waals surface area contributed by atoms with E-state index in [9.17, 15) is 4.79 Å². The van der Waals surface area contributed by atoms with Gasteiger partial charge < -0.3 is 9.40 Å². The molecule has 2 heterocycles. The van der Waals surface area contributed by atoms with E-state index in [1.54, 1.807) is 19.2 Å². The first kappa shape index (κ1) is 9.91. The smallest absolute Gasteiger partial charge is 0.322 e. The number of nitrogens with zero attached hydrogens (tertiary/aromatic N) is 2. The molecule has 2 rings (SSSR count). The summed E-state index contributed by atoms with van der Waals surface area (Å²) in [6.07, 6.45) is 1.66.